The highest BCUT2D eigenvalue weighted by Crippen LogP contribution is 2.26. The summed E-state index contributed by atoms with van der Waals surface area (Å²) in [7, 11) is -3.15. The summed E-state index contributed by atoms with van der Waals surface area (Å²) in [5.41, 5.74) is 9.32. The van der Waals surface area contributed by atoms with E-state index in [-0.39, 0.29) is 5.75 Å². The summed E-state index contributed by atoms with van der Waals surface area (Å²) in [5, 5.41) is -0.528. The van der Waals surface area contributed by atoms with E-state index in [4.69, 9.17) is 5.73 Å². The van der Waals surface area contributed by atoms with E-state index in [0.29, 0.717) is 6.42 Å². The predicted molar refractivity (Wildman–Crippen MR) is 92.3 cm³/mol. The van der Waals surface area contributed by atoms with Crippen molar-refractivity contribution in [2.75, 3.05) is 5.75 Å². The summed E-state index contributed by atoms with van der Waals surface area (Å²) < 4.78 is 24.3. The molecule has 0 radical (unpaired) electrons. The van der Waals surface area contributed by atoms with E-state index in [0.717, 1.165) is 16.7 Å². The average molecular weight is 317 g/mol. The summed E-state index contributed by atoms with van der Waals surface area (Å²) >= 11 is 0. The molecule has 2 atom stereocenters. The second-order valence-electron chi connectivity index (χ2n) is 5.41. The Hall–Kier alpha value is -1.65. The normalized spacial score (nSPS) is 14.5. The van der Waals surface area contributed by atoms with Gasteiger partial charge >= 0.3 is 0 Å². The molecule has 0 fully saturated rings. The van der Waals surface area contributed by atoms with Gasteiger partial charge in [-0.1, -0.05) is 68.4 Å². The van der Waals surface area contributed by atoms with Crippen molar-refractivity contribution in [1.82, 2.24) is 0 Å². The Morgan fingerprint density at radius 3 is 1.95 bits per heavy atom. The van der Waals surface area contributed by atoms with Crippen molar-refractivity contribution < 1.29 is 8.42 Å². The predicted octanol–water partition coefficient (Wildman–Crippen LogP) is 3.57. The molecular formula is C18H23NO2S. The largest absolute Gasteiger partial charge is 0.323 e. The van der Waals surface area contributed by atoms with Crippen LogP contribution < -0.4 is 5.73 Å². The molecule has 0 aliphatic carbocycles. The van der Waals surface area contributed by atoms with Crippen LogP contribution in [0, 0.1) is 0 Å². The third kappa shape index (κ3) is 3.57. The number of nitrogens with two attached hydrogens (primary N) is 1. The van der Waals surface area contributed by atoms with Crippen LogP contribution in [0.4, 0.5) is 0 Å². The minimum absolute atomic E-state index is 0.126. The summed E-state index contributed by atoms with van der Waals surface area (Å²) in [6.07, 6.45) is 0.526. The standard InChI is InChI=1S/C18H23NO2S/c1-3-17(22(20,21)4-2)18(19)16-12-10-15(11-13-16)14-8-6-5-7-9-14/h5-13,17-18H,3-4,19H2,1-2H3/t17-,18-/m1/s1. The molecule has 0 heterocycles. The zero-order valence-electron chi connectivity index (χ0n) is 13.1. The fourth-order valence-corrected chi connectivity index (χ4v) is 4.23. The Morgan fingerprint density at radius 2 is 1.45 bits per heavy atom. The molecule has 2 aromatic rings. The van der Waals surface area contributed by atoms with Crippen LogP contribution in [0.25, 0.3) is 11.1 Å². The molecule has 0 aliphatic rings. The second kappa shape index (κ2) is 7.07. The van der Waals surface area contributed by atoms with Crippen LogP contribution in [-0.4, -0.2) is 19.4 Å². The van der Waals surface area contributed by atoms with E-state index in [9.17, 15) is 8.42 Å². The highest BCUT2D eigenvalue weighted by Gasteiger charge is 2.29. The lowest BCUT2D eigenvalue weighted by Gasteiger charge is -2.22. The van der Waals surface area contributed by atoms with Crippen LogP contribution in [0.3, 0.4) is 0 Å². The van der Waals surface area contributed by atoms with E-state index in [1.807, 2.05) is 61.5 Å². The first-order chi connectivity index (χ1) is 10.5. The molecule has 0 saturated heterocycles. The third-order valence-electron chi connectivity index (χ3n) is 4.07. The summed E-state index contributed by atoms with van der Waals surface area (Å²) in [4.78, 5) is 0. The van der Waals surface area contributed by atoms with Gasteiger partial charge in [0.2, 0.25) is 0 Å². The zero-order valence-corrected chi connectivity index (χ0v) is 13.9. The Labute approximate surface area is 133 Å². The molecule has 0 saturated carbocycles. The molecule has 0 aliphatic heterocycles. The Morgan fingerprint density at radius 1 is 0.909 bits per heavy atom. The zero-order chi connectivity index (χ0) is 16.2. The third-order valence-corrected chi connectivity index (χ3v) is 6.42. The molecule has 0 bridgehead atoms. The molecule has 0 aromatic heterocycles. The van der Waals surface area contributed by atoms with Gasteiger partial charge in [-0.15, -0.1) is 0 Å². The molecule has 0 spiro atoms. The van der Waals surface area contributed by atoms with Crippen LogP contribution >= 0.6 is 0 Å². The van der Waals surface area contributed by atoms with Crippen LogP contribution in [0.2, 0.25) is 0 Å². The lowest BCUT2D eigenvalue weighted by molar-refractivity contribution is 0.549. The fraction of sp³-hybridized carbons (Fsp3) is 0.333. The van der Waals surface area contributed by atoms with Gasteiger partial charge in [0.05, 0.1) is 5.25 Å². The van der Waals surface area contributed by atoms with Gasteiger partial charge < -0.3 is 5.73 Å². The van der Waals surface area contributed by atoms with Crippen molar-refractivity contribution in [3.05, 3.63) is 60.2 Å². The Bertz CT molecular complexity index is 694. The second-order valence-corrected chi connectivity index (χ2v) is 7.92. The molecule has 3 nitrogen and oxygen atoms in total. The van der Waals surface area contributed by atoms with Gasteiger partial charge in [-0.25, -0.2) is 8.42 Å². The van der Waals surface area contributed by atoms with Crippen LogP contribution in [0.5, 0.6) is 0 Å². The maximum atomic E-state index is 12.2. The summed E-state index contributed by atoms with van der Waals surface area (Å²) in [6, 6.07) is 17.4. The Balaban J connectivity index is 2.26. The minimum Gasteiger partial charge on any atom is -0.323 e. The van der Waals surface area contributed by atoms with Crippen molar-refractivity contribution >= 4 is 9.84 Å². The molecule has 4 heteroatoms. The van der Waals surface area contributed by atoms with Crippen LogP contribution in [0.15, 0.2) is 54.6 Å². The first-order valence-electron chi connectivity index (χ1n) is 7.62. The van der Waals surface area contributed by atoms with E-state index < -0.39 is 21.1 Å². The first kappa shape index (κ1) is 16.7. The van der Waals surface area contributed by atoms with Gasteiger partial charge in [-0.2, -0.15) is 0 Å². The van der Waals surface area contributed by atoms with Crippen molar-refractivity contribution in [3.8, 4) is 11.1 Å². The van der Waals surface area contributed by atoms with Crippen LogP contribution in [-0.2, 0) is 9.84 Å². The average Bonchev–Trinajstić information content (AvgIpc) is 2.56. The number of rotatable bonds is 6. The topological polar surface area (TPSA) is 60.2 Å². The monoisotopic (exact) mass is 317 g/mol. The van der Waals surface area contributed by atoms with Crippen molar-refractivity contribution in [2.24, 2.45) is 5.73 Å². The number of sulfone groups is 1. The summed E-state index contributed by atoms with van der Waals surface area (Å²) in [6.45, 7) is 3.54. The number of hydrogen-bond donors (Lipinski definition) is 1. The smallest absolute Gasteiger partial charge is 0.154 e. The van der Waals surface area contributed by atoms with Gasteiger partial charge in [-0.05, 0) is 23.1 Å². The molecule has 0 amide bonds. The molecule has 2 rings (SSSR count). The van der Waals surface area contributed by atoms with Gasteiger partial charge in [-0.3, -0.25) is 0 Å². The Kier molecular flexibility index (Phi) is 5.37. The molecule has 0 unspecified atom stereocenters. The van der Waals surface area contributed by atoms with Gasteiger partial charge in [0, 0.05) is 11.8 Å². The van der Waals surface area contributed by atoms with Crippen LogP contribution in [0.1, 0.15) is 31.9 Å². The summed E-state index contributed by atoms with van der Waals surface area (Å²) in [5.74, 6) is 0.126. The molecule has 118 valence electrons. The van der Waals surface area contributed by atoms with Gasteiger partial charge in [0.15, 0.2) is 9.84 Å². The van der Waals surface area contributed by atoms with Crippen molar-refractivity contribution in [2.45, 2.75) is 31.6 Å². The quantitative estimate of drug-likeness (QED) is 0.886. The number of hydrogen-bond acceptors (Lipinski definition) is 3. The maximum Gasteiger partial charge on any atom is 0.154 e. The van der Waals surface area contributed by atoms with E-state index in [1.54, 1.807) is 6.92 Å². The van der Waals surface area contributed by atoms with Crippen molar-refractivity contribution in [1.29, 1.82) is 0 Å². The fourth-order valence-electron chi connectivity index (χ4n) is 2.69. The van der Waals surface area contributed by atoms with E-state index >= 15 is 0 Å². The van der Waals surface area contributed by atoms with E-state index in [1.165, 1.54) is 0 Å². The molecule has 2 N–H and O–H groups in total. The van der Waals surface area contributed by atoms with Crippen molar-refractivity contribution in [3.63, 3.8) is 0 Å². The highest BCUT2D eigenvalue weighted by molar-refractivity contribution is 7.92. The number of benzene rings is 2. The maximum absolute atomic E-state index is 12.2. The first-order valence-corrected chi connectivity index (χ1v) is 9.33. The van der Waals surface area contributed by atoms with E-state index in [2.05, 4.69) is 0 Å². The minimum atomic E-state index is -3.15. The lowest BCUT2D eigenvalue weighted by Crippen LogP contribution is -2.34. The molecule has 2 aromatic carbocycles. The molecular weight excluding hydrogens is 294 g/mol. The highest BCUT2D eigenvalue weighted by atomic mass is 32.2. The van der Waals surface area contributed by atoms with Gasteiger partial charge in [0.1, 0.15) is 0 Å². The SMILES string of the molecule is CC[C@H]([C@H](N)c1ccc(-c2ccccc2)cc1)S(=O)(=O)CC. The molecule has 22 heavy (non-hydrogen) atoms. The van der Waals surface area contributed by atoms with Gasteiger partial charge in [0.25, 0.3) is 0 Å². The lowest BCUT2D eigenvalue weighted by atomic mass is 9.99.